The molecule has 3 rings (SSSR count). The van der Waals surface area contributed by atoms with Gasteiger partial charge in [0.1, 0.15) is 17.6 Å². The number of hydrogen-bond acceptors (Lipinski definition) is 5. The van der Waals surface area contributed by atoms with E-state index in [0.29, 0.717) is 22.8 Å². The van der Waals surface area contributed by atoms with Gasteiger partial charge in [-0.25, -0.2) is 0 Å². The zero-order valence-electron chi connectivity index (χ0n) is 13.5. The molecule has 1 unspecified atom stereocenters. The first kappa shape index (κ1) is 15.9. The summed E-state index contributed by atoms with van der Waals surface area (Å²) >= 11 is 0. The van der Waals surface area contributed by atoms with Crippen LogP contribution in [-0.4, -0.2) is 31.2 Å². The molecule has 1 heterocycles. The van der Waals surface area contributed by atoms with Gasteiger partial charge in [-0.15, -0.1) is 0 Å². The van der Waals surface area contributed by atoms with E-state index in [9.17, 15) is 9.90 Å². The van der Waals surface area contributed by atoms with Gasteiger partial charge in [-0.05, 0) is 29.8 Å². The number of carbonyl (C=O) groups is 1. The van der Waals surface area contributed by atoms with Gasteiger partial charge in [0.25, 0.3) is 0 Å². The van der Waals surface area contributed by atoms with Crippen LogP contribution in [0.25, 0.3) is 6.08 Å². The minimum Gasteiger partial charge on any atom is -0.508 e. The first-order valence-corrected chi connectivity index (χ1v) is 7.54. The zero-order chi connectivity index (χ0) is 17.1. The summed E-state index contributed by atoms with van der Waals surface area (Å²) in [5.74, 6) is 1.73. The molecule has 0 fully saturated rings. The minimum atomic E-state index is -0.350. The molecule has 1 N–H and O–H groups in total. The average molecular weight is 326 g/mol. The van der Waals surface area contributed by atoms with Crippen LogP contribution in [0.1, 0.15) is 22.3 Å². The fraction of sp³-hybridized carbons (Fsp3) is 0.211. The molecule has 0 aromatic heterocycles. The molecule has 5 heteroatoms. The first-order chi connectivity index (χ1) is 11.6. The predicted octanol–water partition coefficient (Wildman–Crippen LogP) is 3.46. The van der Waals surface area contributed by atoms with Gasteiger partial charge in [-0.2, -0.15) is 0 Å². The number of carbonyl (C=O) groups excluding carboxylic acids is 1. The van der Waals surface area contributed by atoms with Crippen LogP contribution < -0.4 is 14.2 Å². The number of aromatic hydroxyl groups is 1. The Morgan fingerprint density at radius 2 is 1.79 bits per heavy atom. The second-order valence-corrected chi connectivity index (χ2v) is 5.44. The fourth-order valence-corrected chi connectivity index (χ4v) is 2.58. The lowest BCUT2D eigenvalue weighted by atomic mass is 9.99. The van der Waals surface area contributed by atoms with Gasteiger partial charge in [0.15, 0.2) is 17.3 Å². The largest absolute Gasteiger partial charge is 0.508 e. The zero-order valence-corrected chi connectivity index (χ0v) is 13.5. The third-order valence-corrected chi connectivity index (χ3v) is 3.85. The van der Waals surface area contributed by atoms with Crippen LogP contribution in [0.3, 0.4) is 0 Å². The summed E-state index contributed by atoms with van der Waals surface area (Å²) in [5.41, 5.74) is 1.42. The van der Waals surface area contributed by atoms with Crippen LogP contribution in [0.4, 0.5) is 0 Å². The number of ketones is 1. The third-order valence-electron chi connectivity index (χ3n) is 3.85. The lowest BCUT2D eigenvalue weighted by molar-refractivity contribution is 0.0893. The normalized spacial score (nSPS) is 16.6. The van der Waals surface area contributed by atoms with Gasteiger partial charge in [0.05, 0.1) is 26.2 Å². The summed E-state index contributed by atoms with van der Waals surface area (Å²) in [7, 11) is 3.07. The Labute approximate surface area is 140 Å². The van der Waals surface area contributed by atoms with E-state index in [2.05, 4.69) is 0 Å². The Kier molecular flexibility index (Phi) is 4.42. The molecule has 2 aromatic rings. The molecule has 1 atom stereocenters. The maximum atomic E-state index is 12.4. The van der Waals surface area contributed by atoms with Crippen LogP contribution >= 0.6 is 0 Å². The maximum absolute atomic E-state index is 12.4. The van der Waals surface area contributed by atoms with Crippen LogP contribution in [-0.2, 0) is 0 Å². The smallest absolute Gasteiger partial charge is 0.170 e. The molecule has 0 aliphatic carbocycles. The van der Waals surface area contributed by atoms with Crippen molar-refractivity contribution in [3.63, 3.8) is 0 Å². The Bertz CT molecular complexity index is 777. The minimum absolute atomic E-state index is 0.00226. The van der Waals surface area contributed by atoms with Gasteiger partial charge in [-0.1, -0.05) is 18.2 Å². The quantitative estimate of drug-likeness (QED) is 0.932. The van der Waals surface area contributed by atoms with Crippen LogP contribution in [0, 0.1) is 0 Å². The molecule has 24 heavy (non-hydrogen) atoms. The standard InChI is InChI=1S/C19H18O5/c1-22-18-10-15-16(21)9-14(24-17(15)11-19(18)23-2)8-5-12-3-6-13(20)7-4-12/h3-8,10-11,14,20H,9H2,1-2H3/b8-5+. The second kappa shape index (κ2) is 6.66. The van der Waals surface area contributed by atoms with E-state index < -0.39 is 0 Å². The van der Waals surface area contributed by atoms with Gasteiger partial charge >= 0.3 is 0 Å². The van der Waals surface area contributed by atoms with E-state index in [0.717, 1.165) is 5.56 Å². The van der Waals surface area contributed by atoms with Crippen molar-refractivity contribution in [1.29, 1.82) is 0 Å². The monoisotopic (exact) mass is 326 g/mol. The Morgan fingerprint density at radius 3 is 2.46 bits per heavy atom. The van der Waals surface area contributed by atoms with Crippen molar-refractivity contribution in [1.82, 2.24) is 0 Å². The molecular weight excluding hydrogens is 308 g/mol. The van der Waals surface area contributed by atoms with Gasteiger partial charge in [0, 0.05) is 6.07 Å². The van der Waals surface area contributed by atoms with E-state index in [1.165, 1.54) is 14.2 Å². The highest BCUT2D eigenvalue weighted by Gasteiger charge is 2.27. The summed E-state index contributed by atoms with van der Waals surface area (Å²) < 4.78 is 16.4. The van der Waals surface area contributed by atoms with Crippen molar-refractivity contribution in [2.75, 3.05) is 14.2 Å². The van der Waals surface area contributed by atoms with Crippen LogP contribution in [0.5, 0.6) is 23.0 Å². The van der Waals surface area contributed by atoms with Crippen molar-refractivity contribution < 1.29 is 24.1 Å². The molecule has 1 aliphatic heterocycles. The summed E-state index contributed by atoms with van der Waals surface area (Å²) in [4.78, 5) is 12.4. The number of ether oxygens (including phenoxy) is 3. The molecule has 1 aliphatic rings. The molecule has 0 saturated heterocycles. The highest BCUT2D eigenvalue weighted by atomic mass is 16.5. The highest BCUT2D eigenvalue weighted by Crippen LogP contribution is 2.38. The average Bonchev–Trinajstić information content (AvgIpc) is 2.60. The SMILES string of the molecule is COc1cc2c(cc1OC)C(=O)CC(/C=C/c1ccc(O)cc1)O2. The number of phenolic OH excluding ortho intramolecular Hbond substituents is 1. The number of phenols is 1. The number of Topliss-reactive ketones (excluding diaryl/α,β-unsaturated/α-hetero) is 1. The molecule has 0 saturated carbocycles. The molecule has 0 radical (unpaired) electrons. The maximum Gasteiger partial charge on any atom is 0.170 e. The summed E-state index contributed by atoms with van der Waals surface area (Å²) in [6, 6.07) is 10.1. The summed E-state index contributed by atoms with van der Waals surface area (Å²) in [6.07, 6.45) is 3.61. The van der Waals surface area contributed by atoms with Gasteiger partial charge in [0.2, 0.25) is 0 Å². The Morgan fingerprint density at radius 1 is 1.12 bits per heavy atom. The summed E-state index contributed by atoms with van der Waals surface area (Å²) in [6.45, 7) is 0. The van der Waals surface area contributed by atoms with Crippen molar-refractivity contribution >= 4 is 11.9 Å². The van der Waals surface area contributed by atoms with E-state index in [1.54, 1.807) is 36.4 Å². The van der Waals surface area contributed by atoms with Crippen LogP contribution in [0.15, 0.2) is 42.5 Å². The molecule has 0 bridgehead atoms. The van der Waals surface area contributed by atoms with E-state index in [4.69, 9.17) is 14.2 Å². The van der Waals surface area contributed by atoms with Gasteiger partial charge in [-0.3, -0.25) is 4.79 Å². The van der Waals surface area contributed by atoms with E-state index in [1.807, 2.05) is 12.2 Å². The number of fused-ring (bicyclic) bond motifs is 1. The molecule has 2 aromatic carbocycles. The topological polar surface area (TPSA) is 65.0 Å². The number of methoxy groups -OCH3 is 2. The summed E-state index contributed by atoms with van der Waals surface area (Å²) in [5, 5.41) is 9.29. The van der Waals surface area contributed by atoms with Crippen molar-refractivity contribution in [2.45, 2.75) is 12.5 Å². The van der Waals surface area contributed by atoms with E-state index in [-0.39, 0.29) is 24.1 Å². The Balaban J connectivity index is 1.83. The molecule has 0 spiro atoms. The number of benzene rings is 2. The molecule has 5 nitrogen and oxygen atoms in total. The molecule has 124 valence electrons. The van der Waals surface area contributed by atoms with Crippen LogP contribution in [0.2, 0.25) is 0 Å². The van der Waals surface area contributed by atoms with Gasteiger partial charge < -0.3 is 19.3 Å². The predicted molar refractivity (Wildman–Crippen MR) is 90.1 cm³/mol. The molecule has 0 amide bonds. The first-order valence-electron chi connectivity index (χ1n) is 7.54. The molecular formula is C19H18O5. The van der Waals surface area contributed by atoms with Crippen molar-refractivity contribution in [2.24, 2.45) is 0 Å². The van der Waals surface area contributed by atoms with Crippen molar-refractivity contribution in [3.05, 3.63) is 53.6 Å². The van der Waals surface area contributed by atoms with E-state index >= 15 is 0 Å². The number of rotatable bonds is 4. The Hall–Kier alpha value is -2.95. The number of hydrogen-bond donors (Lipinski definition) is 1. The fourth-order valence-electron chi connectivity index (χ4n) is 2.58. The third kappa shape index (κ3) is 3.20. The second-order valence-electron chi connectivity index (χ2n) is 5.44. The van der Waals surface area contributed by atoms with Crippen molar-refractivity contribution in [3.8, 4) is 23.0 Å². The lowest BCUT2D eigenvalue weighted by Gasteiger charge is -2.24. The lowest BCUT2D eigenvalue weighted by Crippen LogP contribution is -2.25. The highest BCUT2D eigenvalue weighted by molar-refractivity contribution is 6.01.